The molecule has 0 amide bonds. The average molecular weight is 380 g/mol. The van der Waals surface area contributed by atoms with Crippen molar-refractivity contribution in [3.05, 3.63) is 53.6 Å². The van der Waals surface area contributed by atoms with Crippen molar-refractivity contribution in [2.24, 2.45) is 0 Å². The second kappa shape index (κ2) is 9.24. The van der Waals surface area contributed by atoms with Gasteiger partial charge in [-0.25, -0.2) is 0 Å². The SMILES string of the molecule is COc1cc(C(=O)C=Cc2cccc(OC)c2OC)ccc1SC(F)F. The first-order valence-electron chi connectivity index (χ1n) is 7.56. The lowest BCUT2D eigenvalue weighted by Crippen LogP contribution is -1.98. The molecule has 0 aliphatic rings. The molecule has 0 unspecified atom stereocenters. The van der Waals surface area contributed by atoms with Crippen LogP contribution in [0.25, 0.3) is 6.08 Å². The molecule has 26 heavy (non-hydrogen) atoms. The van der Waals surface area contributed by atoms with Gasteiger partial charge in [0.15, 0.2) is 17.3 Å². The van der Waals surface area contributed by atoms with Crippen molar-refractivity contribution in [1.82, 2.24) is 0 Å². The summed E-state index contributed by atoms with van der Waals surface area (Å²) in [5.41, 5.74) is 1.01. The normalized spacial score (nSPS) is 11.0. The van der Waals surface area contributed by atoms with E-state index in [-0.39, 0.29) is 16.4 Å². The number of methoxy groups -OCH3 is 3. The Morgan fingerprint density at radius 3 is 2.38 bits per heavy atom. The van der Waals surface area contributed by atoms with Crippen LogP contribution in [-0.4, -0.2) is 32.9 Å². The standard InChI is InChI=1S/C19H18F2O4S/c1-23-15-6-4-5-12(18(15)25-3)7-9-14(22)13-8-10-17(26-19(20)21)16(11-13)24-2/h4-11,19H,1-3H3. The minimum Gasteiger partial charge on any atom is -0.496 e. The second-order valence-corrected chi connectivity index (χ2v) is 6.06. The highest BCUT2D eigenvalue weighted by molar-refractivity contribution is 7.99. The van der Waals surface area contributed by atoms with Crippen LogP contribution in [-0.2, 0) is 0 Å². The molecule has 0 N–H and O–H groups in total. The molecular weight excluding hydrogens is 362 g/mol. The number of halogens is 2. The van der Waals surface area contributed by atoms with Crippen molar-refractivity contribution in [1.29, 1.82) is 0 Å². The lowest BCUT2D eigenvalue weighted by atomic mass is 10.1. The van der Waals surface area contributed by atoms with Crippen LogP contribution in [0, 0.1) is 0 Å². The van der Waals surface area contributed by atoms with Gasteiger partial charge in [0.25, 0.3) is 5.76 Å². The summed E-state index contributed by atoms with van der Waals surface area (Å²) in [5.74, 6) is -1.56. The Hall–Kier alpha value is -2.54. The van der Waals surface area contributed by atoms with Gasteiger partial charge in [-0.05, 0) is 36.4 Å². The summed E-state index contributed by atoms with van der Waals surface area (Å²) >= 11 is 0.371. The molecule has 0 saturated heterocycles. The van der Waals surface area contributed by atoms with Gasteiger partial charge in [-0.1, -0.05) is 23.9 Å². The van der Waals surface area contributed by atoms with Crippen LogP contribution in [0.5, 0.6) is 17.2 Å². The van der Waals surface area contributed by atoms with Gasteiger partial charge in [0, 0.05) is 11.1 Å². The van der Waals surface area contributed by atoms with Crippen molar-refractivity contribution < 1.29 is 27.8 Å². The molecule has 0 aromatic heterocycles. The maximum absolute atomic E-state index is 12.5. The molecule has 0 saturated carbocycles. The van der Waals surface area contributed by atoms with E-state index in [2.05, 4.69) is 0 Å². The molecule has 0 bridgehead atoms. The number of thioether (sulfide) groups is 1. The third-order valence-corrected chi connectivity index (χ3v) is 4.28. The molecule has 7 heteroatoms. The van der Waals surface area contributed by atoms with Crippen LogP contribution in [0.3, 0.4) is 0 Å². The van der Waals surface area contributed by atoms with E-state index in [0.717, 1.165) is 0 Å². The summed E-state index contributed by atoms with van der Waals surface area (Å²) < 4.78 is 40.7. The molecule has 4 nitrogen and oxygen atoms in total. The van der Waals surface area contributed by atoms with Gasteiger partial charge in [-0.15, -0.1) is 0 Å². The maximum atomic E-state index is 12.5. The number of benzene rings is 2. The third-order valence-electron chi connectivity index (χ3n) is 3.51. The smallest absolute Gasteiger partial charge is 0.289 e. The van der Waals surface area contributed by atoms with Gasteiger partial charge in [0.2, 0.25) is 0 Å². The lowest BCUT2D eigenvalue weighted by molar-refractivity contribution is 0.104. The number of allylic oxidation sites excluding steroid dienone is 1. The van der Waals surface area contributed by atoms with E-state index < -0.39 is 5.76 Å². The lowest BCUT2D eigenvalue weighted by Gasteiger charge is -2.10. The highest BCUT2D eigenvalue weighted by Gasteiger charge is 2.13. The van der Waals surface area contributed by atoms with Crippen molar-refractivity contribution in [3.63, 3.8) is 0 Å². The highest BCUT2D eigenvalue weighted by Crippen LogP contribution is 2.34. The largest absolute Gasteiger partial charge is 0.496 e. The van der Waals surface area contributed by atoms with E-state index in [1.54, 1.807) is 24.3 Å². The zero-order chi connectivity index (χ0) is 19.1. The second-order valence-electron chi connectivity index (χ2n) is 5.02. The number of alkyl halides is 2. The zero-order valence-electron chi connectivity index (χ0n) is 14.5. The maximum Gasteiger partial charge on any atom is 0.289 e. The van der Waals surface area contributed by atoms with Gasteiger partial charge in [-0.2, -0.15) is 8.78 Å². The molecule has 2 aromatic carbocycles. The first-order chi connectivity index (χ1) is 12.5. The Morgan fingerprint density at radius 2 is 1.77 bits per heavy atom. The van der Waals surface area contributed by atoms with Gasteiger partial charge in [0.05, 0.1) is 26.2 Å². The van der Waals surface area contributed by atoms with Gasteiger partial charge in [-0.3, -0.25) is 4.79 Å². The third kappa shape index (κ3) is 4.76. The molecule has 0 spiro atoms. The minimum atomic E-state index is -2.56. The summed E-state index contributed by atoms with van der Waals surface area (Å²) in [6.45, 7) is 0. The van der Waals surface area contributed by atoms with Crippen LogP contribution in [0.4, 0.5) is 8.78 Å². The molecule has 0 aliphatic carbocycles. The van der Waals surface area contributed by atoms with E-state index in [4.69, 9.17) is 14.2 Å². The topological polar surface area (TPSA) is 44.8 Å². The van der Waals surface area contributed by atoms with Crippen molar-refractivity contribution in [2.45, 2.75) is 10.7 Å². The van der Waals surface area contributed by atoms with E-state index in [1.807, 2.05) is 0 Å². The Labute approximate surface area is 154 Å². The quantitative estimate of drug-likeness (QED) is 0.369. The Kier molecular flexibility index (Phi) is 7.03. The molecule has 0 atom stereocenters. The molecule has 2 aromatic rings. The predicted octanol–water partition coefficient (Wildman–Crippen LogP) is 4.92. The molecule has 2 rings (SSSR count). The first kappa shape index (κ1) is 19.8. The Balaban J connectivity index is 2.26. The summed E-state index contributed by atoms with van der Waals surface area (Å²) in [5, 5.41) is 0. The van der Waals surface area contributed by atoms with Gasteiger partial charge < -0.3 is 14.2 Å². The van der Waals surface area contributed by atoms with Crippen LogP contribution in [0.2, 0.25) is 0 Å². The van der Waals surface area contributed by atoms with Crippen LogP contribution >= 0.6 is 11.8 Å². The monoisotopic (exact) mass is 380 g/mol. The van der Waals surface area contributed by atoms with E-state index >= 15 is 0 Å². The minimum absolute atomic E-state index is 0.230. The van der Waals surface area contributed by atoms with E-state index in [1.165, 1.54) is 45.6 Å². The number of carbonyl (C=O) groups is 1. The molecule has 0 aliphatic heterocycles. The van der Waals surface area contributed by atoms with Crippen molar-refractivity contribution >= 4 is 23.6 Å². The number of para-hydroxylation sites is 1. The molecule has 0 fully saturated rings. The van der Waals surface area contributed by atoms with Crippen LogP contribution in [0.1, 0.15) is 15.9 Å². The zero-order valence-corrected chi connectivity index (χ0v) is 15.3. The van der Waals surface area contributed by atoms with Crippen molar-refractivity contribution in [2.75, 3.05) is 21.3 Å². The number of hydrogen-bond acceptors (Lipinski definition) is 5. The van der Waals surface area contributed by atoms with Gasteiger partial charge >= 0.3 is 0 Å². The fourth-order valence-electron chi connectivity index (χ4n) is 2.32. The summed E-state index contributed by atoms with van der Waals surface area (Å²) in [7, 11) is 4.42. The van der Waals surface area contributed by atoms with Crippen LogP contribution < -0.4 is 14.2 Å². The number of hydrogen-bond donors (Lipinski definition) is 0. The Bertz CT molecular complexity index is 806. The number of carbonyl (C=O) groups excluding carboxylic acids is 1. The summed E-state index contributed by atoms with van der Waals surface area (Å²) in [4.78, 5) is 12.7. The number of ether oxygens (including phenoxy) is 3. The first-order valence-corrected chi connectivity index (χ1v) is 8.44. The molecule has 0 heterocycles. The average Bonchev–Trinajstić information content (AvgIpc) is 2.65. The van der Waals surface area contributed by atoms with E-state index in [0.29, 0.717) is 34.4 Å². The molecule has 138 valence electrons. The van der Waals surface area contributed by atoms with Crippen molar-refractivity contribution in [3.8, 4) is 17.2 Å². The molecule has 0 radical (unpaired) electrons. The number of rotatable bonds is 8. The van der Waals surface area contributed by atoms with E-state index in [9.17, 15) is 13.6 Å². The fourth-order valence-corrected chi connectivity index (χ4v) is 2.92. The summed E-state index contributed by atoms with van der Waals surface area (Å²) in [6.07, 6.45) is 2.99. The van der Waals surface area contributed by atoms with Gasteiger partial charge in [0.1, 0.15) is 5.75 Å². The fraction of sp³-hybridized carbons (Fsp3) is 0.211. The molecular formula is C19H18F2O4S. The van der Waals surface area contributed by atoms with Crippen LogP contribution in [0.15, 0.2) is 47.4 Å². The summed E-state index contributed by atoms with van der Waals surface area (Å²) in [6, 6.07) is 9.70. The highest BCUT2D eigenvalue weighted by atomic mass is 32.2. The number of ketones is 1. The predicted molar refractivity (Wildman–Crippen MR) is 97.8 cm³/mol. The Morgan fingerprint density at radius 1 is 1.04 bits per heavy atom.